The quantitative estimate of drug-likeness (QED) is 0.174. The fraction of sp³-hybridized carbons (Fsp3) is 0.778. The van der Waals surface area contributed by atoms with Crippen molar-refractivity contribution in [2.24, 2.45) is 0 Å². The second-order valence-corrected chi connectivity index (χ2v) is 22.3. The summed E-state index contributed by atoms with van der Waals surface area (Å²) in [6.07, 6.45) is 13.5. The number of unbranched alkanes of at least 4 members (excludes halogenated alkanes) is 2. The molecule has 0 radical (unpaired) electrons. The van der Waals surface area contributed by atoms with Crippen LogP contribution in [0, 0.1) is 0 Å². The Labute approximate surface area is 206 Å². The van der Waals surface area contributed by atoms with Crippen molar-refractivity contribution < 1.29 is 18.7 Å². The number of ether oxygens (including phenoxy) is 1. The molecule has 33 heavy (non-hydrogen) atoms. The van der Waals surface area contributed by atoms with Crippen molar-refractivity contribution in [2.45, 2.75) is 116 Å². The summed E-state index contributed by atoms with van der Waals surface area (Å²) < 4.78 is 19.7. The standard InChI is InChI=1S/C27H52O4Si2/c1-25(2,3)32(8,9)29-21-24-23(18-16-14-12-13-15-17-19-28)20-27(7,31-24)22-30-33(10,11)26(4,5)6/h15-18,20,24,28H,12-14,19,21-22H2,1-11H3/b17-15+,18-16-/t24-,27-/m1/s1. The van der Waals surface area contributed by atoms with Gasteiger partial charge in [0.2, 0.25) is 0 Å². The van der Waals surface area contributed by atoms with E-state index in [-0.39, 0.29) is 22.8 Å². The number of aliphatic hydroxyl groups is 1. The molecule has 0 fully saturated rings. The predicted octanol–water partition coefficient (Wildman–Crippen LogP) is 7.39. The number of hydrogen-bond acceptors (Lipinski definition) is 4. The predicted molar refractivity (Wildman–Crippen MR) is 147 cm³/mol. The summed E-state index contributed by atoms with van der Waals surface area (Å²) in [5, 5.41) is 9.19. The van der Waals surface area contributed by atoms with E-state index in [1.165, 1.54) is 5.57 Å². The van der Waals surface area contributed by atoms with Gasteiger partial charge >= 0.3 is 0 Å². The van der Waals surface area contributed by atoms with E-state index in [9.17, 15) is 0 Å². The summed E-state index contributed by atoms with van der Waals surface area (Å²) in [7, 11) is -3.72. The van der Waals surface area contributed by atoms with E-state index in [4.69, 9.17) is 18.7 Å². The van der Waals surface area contributed by atoms with Crippen LogP contribution in [0.4, 0.5) is 0 Å². The molecule has 0 spiro atoms. The molecule has 1 aliphatic rings. The molecule has 0 aliphatic carbocycles. The van der Waals surface area contributed by atoms with Gasteiger partial charge in [-0.3, -0.25) is 0 Å². The van der Waals surface area contributed by atoms with Gasteiger partial charge in [0.05, 0.1) is 19.8 Å². The lowest BCUT2D eigenvalue weighted by Crippen LogP contribution is -2.46. The van der Waals surface area contributed by atoms with Crippen molar-refractivity contribution in [3.8, 4) is 0 Å². The van der Waals surface area contributed by atoms with Crippen LogP contribution in [0.25, 0.3) is 0 Å². The van der Waals surface area contributed by atoms with Crippen LogP contribution in [0.5, 0.6) is 0 Å². The van der Waals surface area contributed by atoms with Crippen molar-refractivity contribution in [1.82, 2.24) is 0 Å². The van der Waals surface area contributed by atoms with Crippen molar-refractivity contribution in [3.05, 3.63) is 36.0 Å². The summed E-state index contributed by atoms with van der Waals surface area (Å²) in [4.78, 5) is 0. The van der Waals surface area contributed by atoms with Gasteiger partial charge < -0.3 is 18.7 Å². The van der Waals surface area contributed by atoms with E-state index in [1.54, 1.807) is 6.08 Å². The third kappa shape index (κ3) is 9.57. The van der Waals surface area contributed by atoms with Gasteiger partial charge in [-0.05, 0) is 74.1 Å². The second-order valence-electron chi connectivity index (χ2n) is 12.7. The van der Waals surface area contributed by atoms with E-state index in [1.807, 2.05) is 6.08 Å². The van der Waals surface area contributed by atoms with Crippen LogP contribution in [-0.4, -0.2) is 53.3 Å². The van der Waals surface area contributed by atoms with Gasteiger partial charge in [-0.15, -0.1) is 0 Å². The first-order valence-corrected chi connectivity index (χ1v) is 18.4. The normalized spacial score (nSPS) is 23.2. The molecule has 1 rings (SSSR count). The Morgan fingerprint density at radius 3 is 2.03 bits per heavy atom. The van der Waals surface area contributed by atoms with Gasteiger partial charge in [0.1, 0.15) is 11.7 Å². The molecule has 0 saturated carbocycles. The largest absolute Gasteiger partial charge is 0.414 e. The van der Waals surface area contributed by atoms with Crippen LogP contribution in [-0.2, 0) is 13.6 Å². The van der Waals surface area contributed by atoms with Crippen LogP contribution in [0.15, 0.2) is 36.0 Å². The fourth-order valence-electron chi connectivity index (χ4n) is 3.04. The van der Waals surface area contributed by atoms with Crippen molar-refractivity contribution in [2.75, 3.05) is 19.8 Å². The monoisotopic (exact) mass is 496 g/mol. The first-order chi connectivity index (χ1) is 14.9. The molecule has 1 aliphatic heterocycles. The van der Waals surface area contributed by atoms with E-state index in [0.717, 1.165) is 19.3 Å². The fourth-order valence-corrected chi connectivity index (χ4v) is 5.12. The lowest BCUT2D eigenvalue weighted by Gasteiger charge is -2.39. The lowest BCUT2D eigenvalue weighted by molar-refractivity contribution is -0.0569. The van der Waals surface area contributed by atoms with Gasteiger partial charge in [0.25, 0.3) is 0 Å². The molecule has 0 saturated heterocycles. The average molecular weight is 497 g/mol. The molecule has 0 aromatic rings. The van der Waals surface area contributed by atoms with Crippen LogP contribution in [0.2, 0.25) is 36.3 Å². The SMILES string of the molecule is CC(C)(C)[Si](C)(C)OC[C@H]1O[C@@](C)(CO[Si](C)(C)C(C)(C)C)C=C1/C=C\CCC/C=C/CO. The first-order valence-electron chi connectivity index (χ1n) is 12.5. The van der Waals surface area contributed by atoms with Gasteiger partial charge in [-0.2, -0.15) is 0 Å². The summed E-state index contributed by atoms with van der Waals surface area (Å²) >= 11 is 0. The zero-order valence-electron chi connectivity index (χ0n) is 23.4. The average Bonchev–Trinajstić information content (AvgIpc) is 2.99. The maximum Gasteiger partial charge on any atom is 0.192 e. The molecule has 0 bridgehead atoms. The molecule has 4 nitrogen and oxygen atoms in total. The van der Waals surface area contributed by atoms with E-state index in [2.05, 4.69) is 92.9 Å². The van der Waals surface area contributed by atoms with Gasteiger partial charge in [0.15, 0.2) is 16.6 Å². The van der Waals surface area contributed by atoms with Crippen LogP contribution < -0.4 is 0 Å². The van der Waals surface area contributed by atoms with Crippen LogP contribution >= 0.6 is 0 Å². The number of aliphatic hydroxyl groups excluding tert-OH is 1. The zero-order valence-corrected chi connectivity index (χ0v) is 25.4. The maximum absolute atomic E-state index is 8.85. The summed E-state index contributed by atoms with van der Waals surface area (Å²) in [6, 6.07) is 0. The Hall–Kier alpha value is -0.506. The topological polar surface area (TPSA) is 47.9 Å². The van der Waals surface area contributed by atoms with Gasteiger partial charge in [0, 0.05) is 0 Å². The number of rotatable bonds is 12. The third-order valence-electron chi connectivity index (χ3n) is 7.51. The number of allylic oxidation sites excluding steroid dienone is 2. The summed E-state index contributed by atoms with van der Waals surface area (Å²) in [5.41, 5.74) is 0.751. The van der Waals surface area contributed by atoms with Crippen molar-refractivity contribution in [1.29, 1.82) is 0 Å². The first kappa shape index (κ1) is 30.5. The molecule has 0 aromatic heterocycles. The maximum atomic E-state index is 8.85. The second kappa shape index (κ2) is 12.0. The molecule has 192 valence electrons. The Balaban J connectivity index is 2.92. The minimum absolute atomic E-state index is 0.0716. The highest BCUT2D eigenvalue weighted by Crippen LogP contribution is 2.40. The molecule has 2 atom stereocenters. The molecule has 1 heterocycles. The van der Waals surface area contributed by atoms with E-state index in [0.29, 0.717) is 13.2 Å². The highest BCUT2D eigenvalue weighted by Gasteiger charge is 2.43. The van der Waals surface area contributed by atoms with E-state index < -0.39 is 22.2 Å². The molecular weight excluding hydrogens is 444 g/mol. The summed E-state index contributed by atoms with van der Waals surface area (Å²) in [6.45, 7) is 26.2. The van der Waals surface area contributed by atoms with Crippen molar-refractivity contribution in [3.63, 3.8) is 0 Å². The number of hydrogen-bond donors (Lipinski definition) is 1. The zero-order chi connectivity index (χ0) is 25.6. The van der Waals surface area contributed by atoms with E-state index >= 15 is 0 Å². The molecule has 6 heteroatoms. The summed E-state index contributed by atoms with van der Waals surface area (Å²) in [5.74, 6) is 0. The molecule has 0 unspecified atom stereocenters. The van der Waals surface area contributed by atoms with Gasteiger partial charge in [-0.25, -0.2) is 0 Å². The Kier molecular flexibility index (Phi) is 11.1. The lowest BCUT2D eigenvalue weighted by atomic mass is 10.0. The highest BCUT2D eigenvalue weighted by molar-refractivity contribution is 6.74. The minimum Gasteiger partial charge on any atom is -0.414 e. The van der Waals surface area contributed by atoms with Crippen molar-refractivity contribution >= 4 is 16.6 Å². The third-order valence-corrected chi connectivity index (χ3v) is 16.5. The Morgan fingerprint density at radius 1 is 0.939 bits per heavy atom. The molecule has 0 amide bonds. The van der Waals surface area contributed by atoms with Crippen LogP contribution in [0.1, 0.15) is 67.7 Å². The Morgan fingerprint density at radius 2 is 1.48 bits per heavy atom. The van der Waals surface area contributed by atoms with Crippen LogP contribution in [0.3, 0.4) is 0 Å². The minimum atomic E-state index is -1.86. The Bertz CT molecular complexity index is 696. The molecular formula is C27H52O4Si2. The highest BCUT2D eigenvalue weighted by atomic mass is 28.4. The van der Waals surface area contributed by atoms with Gasteiger partial charge in [-0.1, -0.05) is 65.8 Å². The molecule has 1 N–H and O–H groups in total. The smallest absolute Gasteiger partial charge is 0.192 e. The molecule has 0 aromatic carbocycles.